The molecule has 0 radical (unpaired) electrons. The van der Waals surface area contributed by atoms with Crippen molar-refractivity contribution >= 4 is 17.9 Å². The van der Waals surface area contributed by atoms with E-state index in [1.165, 1.54) is 21.6 Å². The topological polar surface area (TPSA) is 40.5 Å². The Bertz CT molecular complexity index is 1120. The number of carbonyl (C=O) groups is 1. The maximum absolute atomic E-state index is 11.9. The molecule has 0 unspecified atom stereocenters. The third-order valence-electron chi connectivity index (χ3n) is 5.05. The smallest absolute Gasteiger partial charge is 0.412 e. The SMILES string of the molecule is CCc1cc(C2=c3ccccc3=CCN2C(=O)O)ccc1-c1ccccc1. The highest BCUT2D eigenvalue weighted by Crippen LogP contribution is 2.28. The molecule has 1 N–H and O–H groups in total. The van der Waals surface area contributed by atoms with Crippen LogP contribution in [0.2, 0.25) is 0 Å². The molecule has 27 heavy (non-hydrogen) atoms. The number of aryl methyl sites for hydroxylation is 1. The average molecular weight is 355 g/mol. The van der Waals surface area contributed by atoms with Crippen molar-refractivity contribution in [1.29, 1.82) is 0 Å². The van der Waals surface area contributed by atoms with Gasteiger partial charge in [-0.3, -0.25) is 4.90 Å². The molecule has 3 aromatic carbocycles. The van der Waals surface area contributed by atoms with Crippen molar-refractivity contribution in [1.82, 2.24) is 4.90 Å². The molecule has 1 aliphatic heterocycles. The molecule has 3 nitrogen and oxygen atoms in total. The Labute approximate surface area is 158 Å². The highest BCUT2D eigenvalue weighted by molar-refractivity contribution is 5.83. The van der Waals surface area contributed by atoms with E-state index in [1.54, 1.807) is 0 Å². The summed E-state index contributed by atoms with van der Waals surface area (Å²) in [6.07, 6.45) is 1.92. The lowest BCUT2D eigenvalue weighted by atomic mass is 9.94. The monoisotopic (exact) mass is 355 g/mol. The van der Waals surface area contributed by atoms with E-state index >= 15 is 0 Å². The molecular weight excluding hydrogens is 334 g/mol. The fraction of sp³-hybridized carbons (Fsp3) is 0.125. The fourth-order valence-electron chi connectivity index (χ4n) is 3.73. The summed E-state index contributed by atoms with van der Waals surface area (Å²) >= 11 is 0. The third-order valence-corrected chi connectivity index (χ3v) is 5.05. The predicted molar refractivity (Wildman–Crippen MR) is 109 cm³/mol. The van der Waals surface area contributed by atoms with Gasteiger partial charge in [-0.2, -0.15) is 0 Å². The van der Waals surface area contributed by atoms with Gasteiger partial charge in [0.2, 0.25) is 0 Å². The van der Waals surface area contributed by atoms with E-state index in [0.717, 1.165) is 28.1 Å². The van der Waals surface area contributed by atoms with Crippen LogP contribution in [0.4, 0.5) is 4.79 Å². The van der Waals surface area contributed by atoms with Gasteiger partial charge in [0, 0.05) is 11.8 Å². The highest BCUT2D eigenvalue weighted by atomic mass is 16.4. The van der Waals surface area contributed by atoms with Crippen molar-refractivity contribution in [2.75, 3.05) is 6.54 Å². The molecule has 134 valence electrons. The van der Waals surface area contributed by atoms with Crippen molar-refractivity contribution < 1.29 is 9.90 Å². The number of rotatable bonds is 3. The lowest BCUT2D eigenvalue weighted by Gasteiger charge is -2.25. The Hall–Kier alpha value is -3.33. The molecule has 1 heterocycles. The van der Waals surface area contributed by atoms with E-state index in [9.17, 15) is 9.90 Å². The molecule has 0 aromatic heterocycles. The van der Waals surface area contributed by atoms with Crippen molar-refractivity contribution in [3.8, 4) is 11.1 Å². The van der Waals surface area contributed by atoms with E-state index in [-0.39, 0.29) is 0 Å². The van der Waals surface area contributed by atoms with Gasteiger partial charge >= 0.3 is 6.09 Å². The number of hydrogen-bond acceptors (Lipinski definition) is 1. The zero-order valence-corrected chi connectivity index (χ0v) is 15.2. The molecule has 1 aliphatic rings. The minimum absolute atomic E-state index is 0.365. The summed E-state index contributed by atoms with van der Waals surface area (Å²) in [5.41, 5.74) is 5.28. The summed E-state index contributed by atoms with van der Waals surface area (Å²) in [5, 5.41) is 11.8. The molecule has 3 heteroatoms. The van der Waals surface area contributed by atoms with Crippen molar-refractivity contribution in [2.24, 2.45) is 0 Å². The van der Waals surface area contributed by atoms with E-state index in [4.69, 9.17) is 0 Å². The van der Waals surface area contributed by atoms with Gasteiger partial charge in [0.1, 0.15) is 0 Å². The second kappa shape index (κ2) is 7.12. The molecule has 0 bridgehead atoms. The maximum atomic E-state index is 11.9. The second-order valence-corrected chi connectivity index (χ2v) is 6.62. The Morgan fingerprint density at radius 2 is 1.70 bits per heavy atom. The van der Waals surface area contributed by atoms with Crippen LogP contribution in [0, 0.1) is 0 Å². The number of hydrogen-bond donors (Lipinski definition) is 1. The molecular formula is C24H21NO2. The summed E-state index contributed by atoms with van der Waals surface area (Å²) in [6.45, 7) is 2.50. The van der Waals surface area contributed by atoms with Crippen LogP contribution in [-0.4, -0.2) is 22.6 Å². The summed E-state index contributed by atoms with van der Waals surface area (Å²) in [6, 6.07) is 24.6. The Morgan fingerprint density at radius 3 is 2.44 bits per heavy atom. The van der Waals surface area contributed by atoms with Gasteiger partial charge < -0.3 is 5.11 Å². The maximum Gasteiger partial charge on any atom is 0.412 e. The van der Waals surface area contributed by atoms with Gasteiger partial charge in [-0.1, -0.05) is 79.7 Å². The van der Waals surface area contributed by atoms with E-state index in [1.807, 2.05) is 54.6 Å². The van der Waals surface area contributed by atoms with Gasteiger partial charge in [0.15, 0.2) is 0 Å². The lowest BCUT2D eigenvalue weighted by Crippen LogP contribution is -2.42. The molecule has 0 saturated carbocycles. The lowest BCUT2D eigenvalue weighted by molar-refractivity contribution is 0.170. The zero-order chi connectivity index (χ0) is 18.8. The van der Waals surface area contributed by atoms with Crippen LogP contribution in [0.3, 0.4) is 0 Å². The molecule has 0 spiro atoms. The van der Waals surface area contributed by atoms with Crippen LogP contribution in [-0.2, 0) is 6.42 Å². The van der Waals surface area contributed by atoms with Crippen LogP contribution < -0.4 is 10.4 Å². The standard InChI is InChI=1S/C24H21NO2/c1-2-17-16-20(12-13-21(17)18-8-4-3-5-9-18)23-22-11-7-6-10-19(22)14-15-25(23)24(26)27/h3-14,16H,2,15H2,1H3,(H,26,27). The predicted octanol–water partition coefficient (Wildman–Crippen LogP) is 3.85. The summed E-state index contributed by atoms with van der Waals surface area (Å²) in [7, 11) is 0. The minimum Gasteiger partial charge on any atom is -0.465 e. The van der Waals surface area contributed by atoms with Crippen LogP contribution in [0.25, 0.3) is 22.9 Å². The van der Waals surface area contributed by atoms with Crippen molar-refractivity contribution in [2.45, 2.75) is 13.3 Å². The van der Waals surface area contributed by atoms with E-state index in [0.29, 0.717) is 6.54 Å². The fourth-order valence-corrected chi connectivity index (χ4v) is 3.73. The van der Waals surface area contributed by atoms with Crippen molar-refractivity contribution in [3.05, 3.63) is 94.4 Å². The Morgan fingerprint density at radius 1 is 0.963 bits per heavy atom. The van der Waals surface area contributed by atoms with Crippen LogP contribution in [0.15, 0.2) is 72.8 Å². The third kappa shape index (κ3) is 3.13. The number of fused-ring (bicyclic) bond motifs is 1. The highest BCUT2D eigenvalue weighted by Gasteiger charge is 2.22. The molecule has 0 atom stereocenters. The first-order valence-electron chi connectivity index (χ1n) is 9.17. The summed E-state index contributed by atoms with van der Waals surface area (Å²) in [5.74, 6) is 0. The molecule has 0 saturated heterocycles. The van der Waals surface area contributed by atoms with Gasteiger partial charge in [0.05, 0.1) is 5.70 Å². The number of carboxylic acid groups (broad SMARTS) is 1. The molecule has 3 aromatic rings. The number of amides is 1. The quantitative estimate of drug-likeness (QED) is 0.775. The van der Waals surface area contributed by atoms with Crippen molar-refractivity contribution in [3.63, 3.8) is 0 Å². The number of nitrogens with zero attached hydrogens (tertiary/aromatic N) is 1. The Kier molecular flexibility index (Phi) is 4.51. The first-order chi connectivity index (χ1) is 13.2. The molecule has 1 amide bonds. The van der Waals surface area contributed by atoms with Crippen LogP contribution in [0.5, 0.6) is 0 Å². The first-order valence-corrected chi connectivity index (χ1v) is 9.17. The van der Waals surface area contributed by atoms with Gasteiger partial charge in [-0.15, -0.1) is 0 Å². The summed E-state index contributed by atoms with van der Waals surface area (Å²) < 4.78 is 0. The normalized spacial score (nSPS) is 13.1. The molecule has 0 fully saturated rings. The Balaban J connectivity index is 1.94. The van der Waals surface area contributed by atoms with E-state index < -0.39 is 6.09 Å². The first kappa shape index (κ1) is 17.1. The summed E-state index contributed by atoms with van der Waals surface area (Å²) in [4.78, 5) is 13.3. The van der Waals surface area contributed by atoms with Gasteiger partial charge in [0.25, 0.3) is 0 Å². The second-order valence-electron chi connectivity index (χ2n) is 6.62. The van der Waals surface area contributed by atoms with Gasteiger partial charge in [-0.25, -0.2) is 4.79 Å². The van der Waals surface area contributed by atoms with E-state index in [2.05, 4.69) is 31.2 Å². The average Bonchev–Trinajstić information content (AvgIpc) is 2.73. The molecule has 4 rings (SSSR count). The number of benzene rings is 3. The van der Waals surface area contributed by atoms with Crippen LogP contribution >= 0.6 is 0 Å². The minimum atomic E-state index is -0.930. The largest absolute Gasteiger partial charge is 0.465 e. The molecule has 0 aliphatic carbocycles. The van der Waals surface area contributed by atoms with Crippen LogP contribution in [0.1, 0.15) is 18.1 Å². The van der Waals surface area contributed by atoms with Gasteiger partial charge in [-0.05, 0) is 40.0 Å². The zero-order valence-electron chi connectivity index (χ0n) is 15.2.